The number of carbonyl (C=O) groups excluding carboxylic acids is 1. The van der Waals surface area contributed by atoms with Gasteiger partial charge < -0.3 is 4.74 Å². The van der Waals surface area contributed by atoms with E-state index >= 15 is 0 Å². The third kappa shape index (κ3) is 1.54. The van der Waals surface area contributed by atoms with E-state index in [-0.39, 0.29) is 5.78 Å². The van der Waals surface area contributed by atoms with Gasteiger partial charge in [-0.1, -0.05) is 12.1 Å². The maximum atomic E-state index is 13.7. The first-order valence-corrected chi connectivity index (χ1v) is 4.91. The molecular formula is C13H11FO2. The highest BCUT2D eigenvalue weighted by molar-refractivity contribution is 6.08. The third-order valence-electron chi connectivity index (χ3n) is 2.55. The largest absolute Gasteiger partial charge is 0.496 e. The summed E-state index contributed by atoms with van der Waals surface area (Å²) in [6, 6.07) is 7.95. The minimum atomic E-state index is -0.401. The fourth-order valence-electron chi connectivity index (χ4n) is 1.81. The Kier molecular flexibility index (Phi) is 2.60. The van der Waals surface area contributed by atoms with Crippen molar-refractivity contribution in [1.82, 2.24) is 0 Å². The van der Waals surface area contributed by atoms with Gasteiger partial charge in [-0.05, 0) is 25.1 Å². The lowest BCUT2D eigenvalue weighted by atomic mass is 10.0. The van der Waals surface area contributed by atoms with Crippen LogP contribution in [0.15, 0.2) is 30.3 Å². The van der Waals surface area contributed by atoms with Gasteiger partial charge in [-0.3, -0.25) is 4.79 Å². The second kappa shape index (κ2) is 3.93. The van der Waals surface area contributed by atoms with E-state index in [0.717, 1.165) is 0 Å². The molecule has 3 heteroatoms. The maximum absolute atomic E-state index is 13.7. The highest BCUT2D eigenvalue weighted by Gasteiger charge is 2.12. The molecule has 0 aliphatic heterocycles. The van der Waals surface area contributed by atoms with E-state index < -0.39 is 5.82 Å². The summed E-state index contributed by atoms with van der Waals surface area (Å²) in [5.41, 5.74) is 0.383. The predicted octanol–water partition coefficient (Wildman–Crippen LogP) is 3.19. The lowest BCUT2D eigenvalue weighted by Gasteiger charge is -2.09. The van der Waals surface area contributed by atoms with Crippen LogP contribution in [0.4, 0.5) is 4.39 Å². The van der Waals surface area contributed by atoms with E-state index in [1.165, 1.54) is 20.1 Å². The minimum Gasteiger partial charge on any atom is -0.496 e. The molecule has 0 spiro atoms. The van der Waals surface area contributed by atoms with Crippen LogP contribution in [0.25, 0.3) is 10.8 Å². The average molecular weight is 218 g/mol. The number of halogens is 1. The number of ether oxygens (including phenoxy) is 1. The summed E-state index contributed by atoms with van der Waals surface area (Å²) in [5, 5.41) is 0.949. The van der Waals surface area contributed by atoms with Gasteiger partial charge in [-0.25, -0.2) is 4.39 Å². The Bertz CT molecular complexity index is 561. The van der Waals surface area contributed by atoms with Crippen LogP contribution < -0.4 is 4.74 Å². The van der Waals surface area contributed by atoms with Crippen LogP contribution in [-0.4, -0.2) is 12.9 Å². The Balaban J connectivity index is 2.92. The molecule has 2 nitrogen and oxygen atoms in total. The second-order valence-corrected chi connectivity index (χ2v) is 3.53. The molecule has 0 aliphatic carbocycles. The molecule has 0 aromatic heterocycles. The molecule has 82 valence electrons. The van der Waals surface area contributed by atoms with Crippen molar-refractivity contribution in [3.63, 3.8) is 0 Å². The van der Waals surface area contributed by atoms with Gasteiger partial charge in [-0.15, -0.1) is 0 Å². The van der Waals surface area contributed by atoms with Gasteiger partial charge in [0.15, 0.2) is 5.78 Å². The van der Waals surface area contributed by atoms with Crippen molar-refractivity contribution in [3.8, 4) is 5.75 Å². The van der Waals surface area contributed by atoms with Crippen LogP contribution in [0.3, 0.4) is 0 Å². The number of Topliss-reactive ketones (excluding diaryl/α,β-unsaturated/α-hetero) is 1. The zero-order valence-electron chi connectivity index (χ0n) is 9.08. The summed E-state index contributed by atoms with van der Waals surface area (Å²) in [6.07, 6.45) is 0. The first-order valence-electron chi connectivity index (χ1n) is 4.91. The first-order chi connectivity index (χ1) is 7.65. The van der Waals surface area contributed by atoms with E-state index in [2.05, 4.69) is 0 Å². The number of ketones is 1. The van der Waals surface area contributed by atoms with E-state index in [4.69, 9.17) is 4.74 Å². The highest BCUT2D eigenvalue weighted by atomic mass is 19.1. The van der Waals surface area contributed by atoms with Gasteiger partial charge in [-0.2, -0.15) is 0 Å². The predicted molar refractivity (Wildman–Crippen MR) is 60.5 cm³/mol. The van der Waals surface area contributed by atoms with Crippen molar-refractivity contribution in [1.29, 1.82) is 0 Å². The number of benzene rings is 2. The average Bonchev–Trinajstić information content (AvgIpc) is 2.28. The number of hydrogen-bond donors (Lipinski definition) is 0. The van der Waals surface area contributed by atoms with Crippen LogP contribution in [0, 0.1) is 5.82 Å². The van der Waals surface area contributed by atoms with Crippen molar-refractivity contribution >= 4 is 16.6 Å². The summed E-state index contributed by atoms with van der Waals surface area (Å²) in [4.78, 5) is 11.4. The third-order valence-corrected chi connectivity index (χ3v) is 2.55. The molecule has 0 saturated carbocycles. The highest BCUT2D eigenvalue weighted by Crippen LogP contribution is 2.30. The molecule has 0 saturated heterocycles. The quantitative estimate of drug-likeness (QED) is 0.723. The molecule has 16 heavy (non-hydrogen) atoms. The molecule has 2 aromatic rings. The molecule has 0 amide bonds. The summed E-state index contributed by atoms with van der Waals surface area (Å²) in [5.74, 6) is 0.0128. The van der Waals surface area contributed by atoms with Crippen molar-refractivity contribution in [2.24, 2.45) is 0 Å². The summed E-state index contributed by atoms with van der Waals surface area (Å²) < 4.78 is 18.9. The summed E-state index contributed by atoms with van der Waals surface area (Å²) in [6.45, 7) is 1.42. The molecule has 0 radical (unpaired) electrons. The van der Waals surface area contributed by atoms with Crippen LogP contribution in [0.2, 0.25) is 0 Å². The Labute approximate surface area is 92.6 Å². The molecule has 0 fully saturated rings. The zero-order valence-corrected chi connectivity index (χ0v) is 9.08. The van der Waals surface area contributed by atoms with Crippen molar-refractivity contribution in [2.75, 3.05) is 7.11 Å². The van der Waals surface area contributed by atoms with Gasteiger partial charge in [0.05, 0.1) is 7.11 Å². The van der Waals surface area contributed by atoms with Crippen molar-refractivity contribution in [2.45, 2.75) is 6.92 Å². The van der Waals surface area contributed by atoms with Gasteiger partial charge in [0.1, 0.15) is 11.6 Å². The van der Waals surface area contributed by atoms with Crippen molar-refractivity contribution < 1.29 is 13.9 Å². The molecule has 0 atom stereocenters. The van der Waals surface area contributed by atoms with E-state index in [9.17, 15) is 9.18 Å². The Morgan fingerprint density at radius 2 is 2.00 bits per heavy atom. The Morgan fingerprint density at radius 1 is 1.25 bits per heavy atom. The fourth-order valence-corrected chi connectivity index (χ4v) is 1.81. The van der Waals surface area contributed by atoms with Gasteiger partial charge in [0.25, 0.3) is 0 Å². The maximum Gasteiger partial charge on any atom is 0.160 e. The SMILES string of the molecule is COc1ccc(C(C)=O)c2c(F)cccc12. The lowest BCUT2D eigenvalue weighted by Crippen LogP contribution is -1.97. The number of methoxy groups -OCH3 is 1. The molecule has 0 bridgehead atoms. The second-order valence-electron chi connectivity index (χ2n) is 3.53. The first kappa shape index (κ1) is 10.6. The lowest BCUT2D eigenvalue weighted by molar-refractivity contribution is 0.101. The molecule has 0 heterocycles. The van der Waals surface area contributed by atoms with Gasteiger partial charge in [0.2, 0.25) is 0 Å². The molecule has 2 rings (SSSR count). The van der Waals surface area contributed by atoms with Crippen LogP contribution >= 0.6 is 0 Å². The summed E-state index contributed by atoms with van der Waals surface area (Å²) in [7, 11) is 1.52. The molecular weight excluding hydrogens is 207 g/mol. The number of fused-ring (bicyclic) bond motifs is 1. The van der Waals surface area contributed by atoms with E-state index in [1.54, 1.807) is 24.3 Å². The molecule has 2 aromatic carbocycles. The van der Waals surface area contributed by atoms with E-state index in [1.807, 2.05) is 0 Å². The summed E-state index contributed by atoms with van der Waals surface area (Å²) >= 11 is 0. The normalized spacial score (nSPS) is 10.4. The van der Waals surface area contributed by atoms with Crippen LogP contribution in [0.1, 0.15) is 17.3 Å². The topological polar surface area (TPSA) is 26.3 Å². The number of rotatable bonds is 2. The van der Waals surface area contributed by atoms with Gasteiger partial charge >= 0.3 is 0 Å². The Hall–Kier alpha value is -1.90. The standard InChI is InChI=1S/C13H11FO2/c1-8(15)9-6-7-12(16-2)10-4-3-5-11(14)13(9)10/h3-7H,1-2H3. The van der Waals surface area contributed by atoms with E-state index in [0.29, 0.717) is 22.1 Å². The van der Waals surface area contributed by atoms with Crippen molar-refractivity contribution in [3.05, 3.63) is 41.7 Å². The molecule has 0 unspecified atom stereocenters. The number of carbonyl (C=O) groups is 1. The minimum absolute atomic E-state index is 0.155. The molecule has 0 N–H and O–H groups in total. The van der Waals surface area contributed by atoms with Crippen LogP contribution in [0.5, 0.6) is 5.75 Å². The number of hydrogen-bond acceptors (Lipinski definition) is 2. The molecule has 0 aliphatic rings. The monoisotopic (exact) mass is 218 g/mol. The fraction of sp³-hybridized carbons (Fsp3) is 0.154. The van der Waals surface area contributed by atoms with Gasteiger partial charge in [0, 0.05) is 16.3 Å². The smallest absolute Gasteiger partial charge is 0.160 e. The zero-order chi connectivity index (χ0) is 11.7. The van der Waals surface area contributed by atoms with Crippen LogP contribution in [-0.2, 0) is 0 Å². The Morgan fingerprint density at radius 3 is 2.62 bits per heavy atom.